The molecule has 1 aromatic rings. The van der Waals surface area contributed by atoms with Crippen LogP contribution in [0.3, 0.4) is 0 Å². The smallest absolute Gasteiger partial charge is 0.248 e. The van der Waals surface area contributed by atoms with Gasteiger partial charge in [0, 0.05) is 19.6 Å². The fourth-order valence-corrected chi connectivity index (χ4v) is 2.59. The first kappa shape index (κ1) is 15.0. The van der Waals surface area contributed by atoms with E-state index in [1.165, 1.54) is 5.56 Å². The van der Waals surface area contributed by atoms with E-state index in [9.17, 15) is 4.79 Å². The highest BCUT2D eigenvalue weighted by atomic mass is 16.2. The molecule has 0 radical (unpaired) electrons. The van der Waals surface area contributed by atoms with Gasteiger partial charge in [-0.25, -0.2) is 5.84 Å². The van der Waals surface area contributed by atoms with Crippen LogP contribution in [0.5, 0.6) is 0 Å². The van der Waals surface area contributed by atoms with E-state index in [2.05, 4.69) is 45.6 Å². The van der Waals surface area contributed by atoms with Crippen molar-refractivity contribution in [3.05, 3.63) is 35.9 Å². The van der Waals surface area contributed by atoms with E-state index in [-0.39, 0.29) is 5.91 Å². The lowest BCUT2D eigenvalue weighted by Crippen LogP contribution is -2.41. The topological polar surface area (TPSA) is 61.6 Å². The lowest BCUT2D eigenvalue weighted by atomic mass is 10.1. The summed E-state index contributed by atoms with van der Waals surface area (Å²) in [5.74, 6) is 5.02. The molecule has 1 aromatic carbocycles. The first-order valence-corrected chi connectivity index (χ1v) is 7.26. The molecule has 0 aliphatic carbocycles. The second kappa shape index (κ2) is 7.99. The van der Waals surface area contributed by atoms with E-state index in [0.717, 1.165) is 45.6 Å². The number of hydrogen-bond donors (Lipinski definition) is 2. The minimum atomic E-state index is -0.109. The Morgan fingerprint density at radius 2 is 1.80 bits per heavy atom. The van der Waals surface area contributed by atoms with Crippen LogP contribution in [-0.4, -0.2) is 55.0 Å². The number of nitrogens with one attached hydrogen (secondary N) is 1. The van der Waals surface area contributed by atoms with Crippen LogP contribution >= 0.6 is 0 Å². The molecule has 0 bridgehead atoms. The summed E-state index contributed by atoms with van der Waals surface area (Å²) in [6.45, 7) is 5.51. The summed E-state index contributed by atoms with van der Waals surface area (Å²) >= 11 is 0. The third-order valence-electron chi connectivity index (χ3n) is 3.77. The fraction of sp³-hybridized carbons (Fsp3) is 0.533. The van der Waals surface area contributed by atoms with Crippen molar-refractivity contribution in [3.63, 3.8) is 0 Å². The van der Waals surface area contributed by atoms with Gasteiger partial charge in [0.05, 0.1) is 6.54 Å². The molecule has 0 spiro atoms. The van der Waals surface area contributed by atoms with Crippen molar-refractivity contribution >= 4 is 5.91 Å². The normalized spacial score (nSPS) is 17.6. The largest absolute Gasteiger partial charge is 0.302 e. The summed E-state index contributed by atoms with van der Waals surface area (Å²) in [7, 11) is 0. The Kier molecular flexibility index (Phi) is 5.98. The molecular formula is C15H24N4O. The Morgan fingerprint density at radius 1 is 1.10 bits per heavy atom. The first-order chi connectivity index (χ1) is 9.78. The van der Waals surface area contributed by atoms with Crippen molar-refractivity contribution in [2.75, 3.05) is 39.3 Å². The Hall–Kier alpha value is -1.43. The van der Waals surface area contributed by atoms with E-state index in [4.69, 9.17) is 5.84 Å². The Balaban J connectivity index is 1.74. The number of carbonyl (C=O) groups is 1. The average molecular weight is 276 g/mol. The van der Waals surface area contributed by atoms with E-state index < -0.39 is 0 Å². The van der Waals surface area contributed by atoms with Crippen molar-refractivity contribution in [2.45, 2.75) is 12.8 Å². The van der Waals surface area contributed by atoms with Crippen LogP contribution in [0.25, 0.3) is 0 Å². The summed E-state index contributed by atoms with van der Waals surface area (Å²) in [5.41, 5.74) is 3.58. The van der Waals surface area contributed by atoms with Crippen LogP contribution in [0.4, 0.5) is 0 Å². The maximum absolute atomic E-state index is 11.3. The summed E-state index contributed by atoms with van der Waals surface area (Å²) < 4.78 is 0. The molecule has 2 rings (SSSR count). The average Bonchev–Trinajstić information content (AvgIpc) is 2.71. The molecular weight excluding hydrogens is 252 g/mol. The van der Waals surface area contributed by atoms with Crippen LogP contribution in [0.15, 0.2) is 30.3 Å². The van der Waals surface area contributed by atoms with Crippen molar-refractivity contribution in [3.8, 4) is 0 Å². The van der Waals surface area contributed by atoms with E-state index in [1.54, 1.807) is 0 Å². The second-order valence-corrected chi connectivity index (χ2v) is 5.27. The lowest BCUT2D eigenvalue weighted by molar-refractivity contribution is -0.122. The summed E-state index contributed by atoms with van der Waals surface area (Å²) in [6.07, 6.45) is 2.19. The predicted octanol–water partition coefficient (Wildman–Crippen LogP) is 0.227. The van der Waals surface area contributed by atoms with Gasteiger partial charge in [0.15, 0.2) is 0 Å². The standard InChI is InChI=1S/C15H24N4O/c16-17-15(20)13-19-9-4-8-18(11-12-19)10-7-14-5-2-1-3-6-14/h1-3,5-6H,4,7-13,16H2,(H,17,20). The number of rotatable bonds is 5. The maximum atomic E-state index is 11.3. The zero-order valence-corrected chi connectivity index (χ0v) is 11.9. The van der Waals surface area contributed by atoms with Crippen molar-refractivity contribution in [1.82, 2.24) is 15.2 Å². The number of nitrogens with zero attached hydrogens (tertiary/aromatic N) is 2. The molecule has 3 N–H and O–H groups in total. The highest BCUT2D eigenvalue weighted by Gasteiger charge is 2.16. The van der Waals surface area contributed by atoms with Gasteiger partial charge in [0.2, 0.25) is 5.91 Å². The van der Waals surface area contributed by atoms with Crippen molar-refractivity contribution < 1.29 is 4.79 Å². The molecule has 20 heavy (non-hydrogen) atoms. The third-order valence-corrected chi connectivity index (χ3v) is 3.77. The zero-order chi connectivity index (χ0) is 14.2. The Labute approximate surface area is 120 Å². The number of hydrogen-bond acceptors (Lipinski definition) is 4. The quantitative estimate of drug-likeness (QED) is 0.459. The second-order valence-electron chi connectivity index (χ2n) is 5.27. The van der Waals surface area contributed by atoms with E-state index >= 15 is 0 Å². The van der Waals surface area contributed by atoms with Crippen LogP contribution in [0.1, 0.15) is 12.0 Å². The van der Waals surface area contributed by atoms with Gasteiger partial charge in [-0.15, -0.1) is 0 Å². The molecule has 0 aromatic heterocycles. The molecule has 1 aliphatic rings. The predicted molar refractivity (Wildman–Crippen MR) is 80.0 cm³/mol. The molecule has 0 unspecified atom stereocenters. The van der Waals surface area contributed by atoms with E-state index in [0.29, 0.717) is 6.54 Å². The van der Waals surface area contributed by atoms with Gasteiger partial charge in [-0.3, -0.25) is 15.1 Å². The van der Waals surface area contributed by atoms with Crippen LogP contribution in [-0.2, 0) is 11.2 Å². The number of benzene rings is 1. The fourth-order valence-electron chi connectivity index (χ4n) is 2.59. The molecule has 0 saturated carbocycles. The highest BCUT2D eigenvalue weighted by molar-refractivity contribution is 5.77. The van der Waals surface area contributed by atoms with Gasteiger partial charge in [0.25, 0.3) is 0 Å². The minimum absolute atomic E-state index is 0.109. The van der Waals surface area contributed by atoms with Crippen LogP contribution < -0.4 is 11.3 Å². The van der Waals surface area contributed by atoms with Gasteiger partial charge in [-0.05, 0) is 31.5 Å². The van der Waals surface area contributed by atoms with E-state index in [1.807, 2.05) is 0 Å². The SMILES string of the molecule is NNC(=O)CN1CCCN(CCc2ccccc2)CC1. The van der Waals surface area contributed by atoms with Crippen molar-refractivity contribution in [1.29, 1.82) is 0 Å². The molecule has 110 valence electrons. The Morgan fingerprint density at radius 3 is 2.55 bits per heavy atom. The number of hydrazine groups is 1. The van der Waals surface area contributed by atoms with Gasteiger partial charge in [-0.1, -0.05) is 30.3 Å². The number of carbonyl (C=O) groups excluding carboxylic acids is 1. The first-order valence-electron chi connectivity index (χ1n) is 7.26. The summed E-state index contributed by atoms with van der Waals surface area (Å²) in [6, 6.07) is 10.6. The molecule has 0 atom stereocenters. The number of nitrogens with two attached hydrogens (primary N) is 1. The van der Waals surface area contributed by atoms with Crippen molar-refractivity contribution in [2.24, 2.45) is 5.84 Å². The third kappa shape index (κ3) is 4.92. The monoisotopic (exact) mass is 276 g/mol. The molecule has 1 aliphatic heterocycles. The lowest BCUT2D eigenvalue weighted by Gasteiger charge is -2.21. The highest BCUT2D eigenvalue weighted by Crippen LogP contribution is 2.06. The molecule has 1 amide bonds. The van der Waals surface area contributed by atoms with Gasteiger partial charge < -0.3 is 4.90 Å². The zero-order valence-electron chi connectivity index (χ0n) is 11.9. The number of amides is 1. The molecule has 1 fully saturated rings. The van der Waals surface area contributed by atoms with Gasteiger partial charge in [0.1, 0.15) is 0 Å². The maximum Gasteiger partial charge on any atom is 0.248 e. The molecule has 5 heteroatoms. The summed E-state index contributed by atoms with van der Waals surface area (Å²) in [5, 5.41) is 0. The van der Waals surface area contributed by atoms with Gasteiger partial charge in [-0.2, -0.15) is 0 Å². The van der Waals surface area contributed by atoms with Gasteiger partial charge >= 0.3 is 0 Å². The molecule has 5 nitrogen and oxygen atoms in total. The van der Waals surface area contributed by atoms with Crippen LogP contribution in [0.2, 0.25) is 0 Å². The molecule has 1 saturated heterocycles. The van der Waals surface area contributed by atoms with Crippen LogP contribution in [0, 0.1) is 0 Å². The minimum Gasteiger partial charge on any atom is -0.302 e. The Bertz CT molecular complexity index is 410. The summed E-state index contributed by atoms with van der Waals surface area (Å²) in [4.78, 5) is 15.9. The molecule has 1 heterocycles.